The van der Waals surface area contributed by atoms with Crippen molar-refractivity contribution in [1.82, 2.24) is 5.32 Å². The summed E-state index contributed by atoms with van der Waals surface area (Å²) in [6.45, 7) is 4.83. The number of hydrogen-bond donors (Lipinski definition) is 2. The molecule has 0 saturated carbocycles. The van der Waals surface area contributed by atoms with E-state index in [9.17, 15) is 4.79 Å². The fraction of sp³-hybridized carbons (Fsp3) is 0.700. The molecule has 14 heavy (non-hydrogen) atoms. The normalized spacial score (nSPS) is 13.1. The highest BCUT2D eigenvalue weighted by Gasteiger charge is 2.00. The Morgan fingerprint density at radius 3 is 2.79 bits per heavy atom. The molecule has 0 saturated heterocycles. The molecule has 1 atom stereocenters. The number of carbonyl (C=O) groups is 1. The zero-order valence-corrected chi connectivity index (χ0v) is 8.82. The number of hydrogen-bond acceptors (Lipinski definition) is 4. The van der Waals surface area contributed by atoms with E-state index in [0.717, 1.165) is 6.42 Å². The Morgan fingerprint density at radius 2 is 2.29 bits per heavy atom. The van der Waals surface area contributed by atoms with Crippen molar-refractivity contribution in [1.29, 1.82) is 0 Å². The first-order valence-electron chi connectivity index (χ1n) is 4.92. The third kappa shape index (κ3) is 6.62. The first-order valence-corrected chi connectivity index (χ1v) is 4.92. The zero-order chi connectivity index (χ0) is 10.8. The van der Waals surface area contributed by atoms with Crippen LogP contribution in [0, 0.1) is 0 Å². The van der Waals surface area contributed by atoms with Crippen LogP contribution in [0.2, 0.25) is 0 Å². The van der Waals surface area contributed by atoms with Gasteiger partial charge in [0.15, 0.2) is 0 Å². The molecule has 0 heterocycles. The number of rotatable bonds is 7. The Labute approximate surface area is 85.0 Å². The van der Waals surface area contributed by atoms with Gasteiger partial charge in [0.05, 0.1) is 13.2 Å². The van der Waals surface area contributed by atoms with E-state index in [-0.39, 0.29) is 18.6 Å². The van der Waals surface area contributed by atoms with Crippen LogP contribution in [-0.2, 0) is 9.53 Å². The largest absolute Gasteiger partial charge is 0.463 e. The van der Waals surface area contributed by atoms with Crippen LogP contribution in [0.3, 0.4) is 0 Å². The molecule has 0 fully saturated rings. The zero-order valence-electron chi connectivity index (χ0n) is 8.82. The molecule has 82 valence electrons. The van der Waals surface area contributed by atoms with Gasteiger partial charge in [-0.1, -0.05) is 13.0 Å². The van der Waals surface area contributed by atoms with E-state index < -0.39 is 0 Å². The summed E-state index contributed by atoms with van der Waals surface area (Å²) >= 11 is 0. The number of ether oxygens (including phenoxy) is 1. The maximum atomic E-state index is 10.8. The number of nitrogens with one attached hydrogen (secondary N) is 1. The van der Waals surface area contributed by atoms with Crippen LogP contribution in [0.15, 0.2) is 12.2 Å². The summed E-state index contributed by atoms with van der Waals surface area (Å²) in [5.41, 5.74) is 0. The smallest absolute Gasteiger partial charge is 0.330 e. The number of aliphatic hydroxyl groups excluding tert-OH is 1. The van der Waals surface area contributed by atoms with E-state index in [1.54, 1.807) is 13.0 Å². The quantitative estimate of drug-likeness (QED) is 0.464. The predicted octanol–water partition coefficient (Wildman–Crippen LogP) is 0.466. The SMILES string of the molecule is CCOC(=O)/C=C/CNC(CC)CO. The van der Waals surface area contributed by atoms with Crippen LogP contribution >= 0.6 is 0 Å². The van der Waals surface area contributed by atoms with Gasteiger partial charge in [-0.25, -0.2) is 4.79 Å². The molecule has 0 amide bonds. The van der Waals surface area contributed by atoms with E-state index in [0.29, 0.717) is 13.2 Å². The van der Waals surface area contributed by atoms with Crippen molar-refractivity contribution in [2.24, 2.45) is 0 Å². The summed E-state index contributed by atoms with van der Waals surface area (Å²) < 4.78 is 4.70. The van der Waals surface area contributed by atoms with Gasteiger partial charge < -0.3 is 15.2 Å². The maximum Gasteiger partial charge on any atom is 0.330 e. The Kier molecular flexibility index (Phi) is 8.17. The molecular weight excluding hydrogens is 182 g/mol. The van der Waals surface area contributed by atoms with Crippen LogP contribution in [-0.4, -0.2) is 36.9 Å². The van der Waals surface area contributed by atoms with Gasteiger partial charge in [-0.3, -0.25) is 0 Å². The fourth-order valence-corrected chi connectivity index (χ4v) is 0.918. The van der Waals surface area contributed by atoms with Gasteiger partial charge in [0, 0.05) is 18.7 Å². The summed E-state index contributed by atoms with van der Waals surface area (Å²) in [7, 11) is 0. The lowest BCUT2D eigenvalue weighted by molar-refractivity contribution is -0.137. The Hall–Kier alpha value is -0.870. The number of aliphatic hydroxyl groups is 1. The minimum atomic E-state index is -0.327. The van der Waals surface area contributed by atoms with Crippen molar-refractivity contribution >= 4 is 5.97 Å². The fourth-order valence-electron chi connectivity index (χ4n) is 0.918. The summed E-state index contributed by atoms with van der Waals surface area (Å²) in [6, 6.07) is 0.0989. The van der Waals surface area contributed by atoms with Gasteiger partial charge in [0.25, 0.3) is 0 Å². The average molecular weight is 201 g/mol. The van der Waals surface area contributed by atoms with Crippen LogP contribution in [0.4, 0.5) is 0 Å². The summed E-state index contributed by atoms with van der Waals surface area (Å²) in [6.07, 6.45) is 3.95. The van der Waals surface area contributed by atoms with Crippen molar-refractivity contribution in [2.45, 2.75) is 26.3 Å². The van der Waals surface area contributed by atoms with E-state index in [1.807, 2.05) is 6.92 Å². The lowest BCUT2D eigenvalue weighted by Gasteiger charge is -2.11. The van der Waals surface area contributed by atoms with Crippen molar-refractivity contribution in [3.05, 3.63) is 12.2 Å². The molecule has 0 aromatic heterocycles. The molecule has 1 unspecified atom stereocenters. The van der Waals surface area contributed by atoms with Gasteiger partial charge in [-0.15, -0.1) is 0 Å². The standard InChI is InChI=1S/C10H19NO3/c1-3-9(8-12)11-7-5-6-10(13)14-4-2/h5-6,9,11-12H,3-4,7-8H2,1-2H3/b6-5+. The number of esters is 1. The Morgan fingerprint density at radius 1 is 1.57 bits per heavy atom. The highest BCUT2D eigenvalue weighted by molar-refractivity contribution is 5.81. The lowest BCUT2D eigenvalue weighted by atomic mass is 10.2. The molecule has 0 aliphatic heterocycles. The van der Waals surface area contributed by atoms with E-state index in [1.165, 1.54) is 6.08 Å². The molecule has 0 spiro atoms. The highest BCUT2D eigenvalue weighted by atomic mass is 16.5. The minimum absolute atomic E-state index is 0.0989. The molecule has 2 N–H and O–H groups in total. The monoisotopic (exact) mass is 201 g/mol. The van der Waals surface area contributed by atoms with Gasteiger partial charge in [0.1, 0.15) is 0 Å². The Bertz CT molecular complexity index is 176. The van der Waals surface area contributed by atoms with Gasteiger partial charge in [0.2, 0.25) is 0 Å². The third-order valence-electron chi connectivity index (χ3n) is 1.78. The lowest BCUT2D eigenvalue weighted by Crippen LogP contribution is -2.31. The maximum absolute atomic E-state index is 10.8. The topological polar surface area (TPSA) is 58.6 Å². The van der Waals surface area contributed by atoms with Crippen molar-refractivity contribution in [2.75, 3.05) is 19.8 Å². The van der Waals surface area contributed by atoms with E-state index in [2.05, 4.69) is 5.32 Å². The molecule has 0 aromatic rings. The second-order valence-corrected chi connectivity index (χ2v) is 2.85. The molecule has 0 rings (SSSR count). The molecule has 4 heteroatoms. The second-order valence-electron chi connectivity index (χ2n) is 2.85. The molecule has 0 bridgehead atoms. The summed E-state index contributed by atoms with van der Waals surface area (Å²) in [4.78, 5) is 10.8. The first-order chi connectivity index (χ1) is 6.74. The molecule has 0 aliphatic carbocycles. The Balaban J connectivity index is 3.56. The molecular formula is C10H19NO3. The first kappa shape index (κ1) is 13.1. The average Bonchev–Trinajstić information content (AvgIpc) is 2.19. The second kappa shape index (κ2) is 8.72. The van der Waals surface area contributed by atoms with Crippen LogP contribution in [0.5, 0.6) is 0 Å². The van der Waals surface area contributed by atoms with E-state index >= 15 is 0 Å². The van der Waals surface area contributed by atoms with Crippen molar-refractivity contribution in [3.8, 4) is 0 Å². The molecule has 0 radical (unpaired) electrons. The highest BCUT2D eigenvalue weighted by Crippen LogP contribution is 1.88. The van der Waals surface area contributed by atoms with Gasteiger partial charge in [-0.05, 0) is 13.3 Å². The molecule has 4 nitrogen and oxygen atoms in total. The van der Waals surface area contributed by atoms with Crippen LogP contribution in [0.25, 0.3) is 0 Å². The molecule has 0 aromatic carbocycles. The van der Waals surface area contributed by atoms with Gasteiger partial charge in [-0.2, -0.15) is 0 Å². The minimum Gasteiger partial charge on any atom is -0.463 e. The third-order valence-corrected chi connectivity index (χ3v) is 1.78. The van der Waals surface area contributed by atoms with Crippen LogP contribution < -0.4 is 5.32 Å². The van der Waals surface area contributed by atoms with Gasteiger partial charge >= 0.3 is 5.97 Å². The van der Waals surface area contributed by atoms with Crippen LogP contribution in [0.1, 0.15) is 20.3 Å². The number of carbonyl (C=O) groups excluding carboxylic acids is 1. The van der Waals surface area contributed by atoms with E-state index in [4.69, 9.17) is 9.84 Å². The summed E-state index contributed by atoms with van der Waals surface area (Å²) in [5, 5.41) is 11.9. The summed E-state index contributed by atoms with van der Waals surface area (Å²) in [5.74, 6) is -0.327. The predicted molar refractivity (Wildman–Crippen MR) is 54.9 cm³/mol. The molecule has 0 aliphatic rings. The van der Waals surface area contributed by atoms with Crippen molar-refractivity contribution < 1.29 is 14.6 Å². The van der Waals surface area contributed by atoms with Crippen molar-refractivity contribution in [3.63, 3.8) is 0 Å².